The summed E-state index contributed by atoms with van der Waals surface area (Å²) in [5, 5.41) is 2.92. The molecule has 1 unspecified atom stereocenters. The summed E-state index contributed by atoms with van der Waals surface area (Å²) in [4.78, 5) is 20.0. The summed E-state index contributed by atoms with van der Waals surface area (Å²) in [6.07, 6.45) is 3.13. The van der Waals surface area contributed by atoms with Crippen molar-refractivity contribution in [3.05, 3.63) is 65.9 Å². The molecule has 2 N–H and O–H groups in total. The minimum Gasteiger partial charge on any atom is -0.476 e. The third kappa shape index (κ3) is 5.80. The molecular formula is C26H30N4O4S. The van der Waals surface area contributed by atoms with E-state index in [0.717, 1.165) is 35.5 Å². The van der Waals surface area contributed by atoms with Gasteiger partial charge in [0.2, 0.25) is 5.88 Å². The van der Waals surface area contributed by atoms with Crippen LogP contribution in [0, 0.1) is 11.7 Å². The van der Waals surface area contributed by atoms with Crippen molar-refractivity contribution in [3.8, 4) is 17.0 Å². The summed E-state index contributed by atoms with van der Waals surface area (Å²) in [5.74, 6) is 0.270. The highest BCUT2D eigenvalue weighted by Gasteiger charge is 2.19. The fourth-order valence-corrected chi connectivity index (χ4v) is 4.65. The Morgan fingerprint density at radius 1 is 1.20 bits per heavy atom. The topological polar surface area (TPSA) is 105 Å². The molecule has 0 radical (unpaired) electrons. The maximum atomic E-state index is 12.9. The van der Waals surface area contributed by atoms with Gasteiger partial charge in [0.05, 0.1) is 29.5 Å². The van der Waals surface area contributed by atoms with Crippen LogP contribution in [0.5, 0.6) is 5.88 Å². The van der Waals surface area contributed by atoms with E-state index in [4.69, 9.17) is 14.3 Å². The number of anilines is 2. The van der Waals surface area contributed by atoms with E-state index >= 15 is 0 Å². The lowest BCUT2D eigenvalue weighted by Gasteiger charge is -2.30. The van der Waals surface area contributed by atoms with E-state index in [9.17, 15) is 9.00 Å². The van der Waals surface area contributed by atoms with Crippen molar-refractivity contribution >= 4 is 27.0 Å². The van der Waals surface area contributed by atoms with E-state index in [1.165, 1.54) is 12.3 Å². The largest absolute Gasteiger partial charge is 0.476 e. The molecule has 2 aromatic carbocycles. The second-order valence-electron chi connectivity index (χ2n) is 8.44. The molecule has 8 nitrogen and oxygen atoms in total. The van der Waals surface area contributed by atoms with Crippen molar-refractivity contribution < 1.29 is 18.5 Å². The molecule has 4 rings (SSSR count). The Kier molecular flexibility index (Phi) is 7.37. The summed E-state index contributed by atoms with van der Waals surface area (Å²) < 4.78 is 31.1. The van der Waals surface area contributed by atoms with Crippen LogP contribution in [-0.2, 0) is 14.5 Å². The number of nitrogens with zero attached hydrogens (tertiary/aromatic N) is 2. The zero-order chi connectivity index (χ0) is 25.0. The number of aromatic nitrogens is 1. The van der Waals surface area contributed by atoms with Crippen LogP contribution < -0.4 is 15.0 Å². The lowest BCUT2D eigenvalue weighted by atomic mass is 10.0. The van der Waals surface area contributed by atoms with Gasteiger partial charge in [-0.05, 0) is 61.4 Å². The lowest BCUT2D eigenvalue weighted by molar-refractivity contribution is 0.102. The summed E-state index contributed by atoms with van der Waals surface area (Å²) in [7, 11) is -2.91. The number of hydrogen-bond donors (Lipinski definition) is 2. The van der Waals surface area contributed by atoms with Gasteiger partial charge in [0.25, 0.3) is 5.91 Å². The van der Waals surface area contributed by atoms with Crippen LogP contribution in [-0.4, -0.2) is 54.3 Å². The molecule has 0 aliphatic carbocycles. The molecular weight excluding hydrogens is 464 g/mol. The number of ether oxygens (including phenoxy) is 2. The quantitative estimate of drug-likeness (QED) is 0.498. The van der Waals surface area contributed by atoms with Crippen molar-refractivity contribution in [1.29, 1.82) is 4.78 Å². The van der Waals surface area contributed by atoms with Crippen LogP contribution in [0.3, 0.4) is 0 Å². The van der Waals surface area contributed by atoms with Crippen LogP contribution in [0.4, 0.5) is 11.4 Å². The van der Waals surface area contributed by atoms with E-state index in [-0.39, 0.29) is 5.91 Å². The van der Waals surface area contributed by atoms with Gasteiger partial charge < -0.3 is 19.7 Å². The highest BCUT2D eigenvalue weighted by Crippen LogP contribution is 2.34. The van der Waals surface area contributed by atoms with Crippen molar-refractivity contribution in [1.82, 2.24) is 4.98 Å². The summed E-state index contributed by atoms with van der Waals surface area (Å²) in [6, 6.07) is 14.2. The minimum atomic E-state index is -2.91. The Hall–Kier alpha value is -3.43. The van der Waals surface area contributed by atoms with Gasteiger partial charge in [0, 0.05) is 47.3 Å². The van der Waals surface area contributed by atoms with Gasteiger partial charge in [-0.1, -0.05) is 12.1 Å². The van der Waals surface area contributed by atoms with E-state index in [1.54, 1.807) is 24.4 Å². The van der Waals surface area contributed by atoms with Crippen molar-refractivity contribution in [2.24, 2.45) is 0 Å². The molecule has 1 aliphatic heterocycles. The third-order valence-corrected chi connectivity index (χ3v) is 6.97. The zero-order valence-electron chi connectivity index (χ0n) is 20.2. The first kappa shape index (κ1) is 24.7. The average Bonchev–Trinajstić information content (AvgIpc) is 2.86. The van der Waals surface area contributed by atoms with E-state index in [0.29, 0.717) is 41.8 Å². The molecule has 1 amide bonds. The monoisotopic (exact) mass is 494 g/mol. The molecule has 3 aromatic rings. The Balaban J connectivity index is 1.64. The van der Waals surface area contributed by atoms with Gasteiger partial charge in [-0.3, -0.25) is 4.79 Å². The van der Waals surface area contributed by atoms with Gasteiger partial charge in [0.15, 0.2) is 0 Å². The van der Waals surface area contributed by atoms with Crippen LogP contribution in [0.1, 0.15) is 22.8 Å². The zero-order valence-corrected chi connectivity index (χ0v) is 21.0. The maximum Gasteiger partial charge on any atom is 0.255 e. The Morgan fingerprint density at radius 3 is 2.69 bits per heavy atom. The molecule has 0 bridgehead atoms. The normalized spacial score (nSPS) is 15.3. The number of pyridine rings is 1. The molecule has 0 saturated carbocycles. The number of rotatable bonds is 7. The molecule has 184 valence electrons. The second-order valence-corrected chi connectivity index (χ2v) is 10.6. The minimum absolute atomic E-state index is 0.325. The lowest BCUT2D eigenvalue weighted by Crippen LogP contribution is -2.36. The Labute approximate surface area is 206 Å². The first-order chi connectivity index (χ1) is 16.8. The van der Waals surface area contributed by atoms with Crippen molar-refractivity contribution in [2.75, 3.05) is 49.4 Å². The van der Waals surface area contributed by atoms with Gasteiger partial charge in [-0.2, -0.15) is 0 Å². The molecule has 1 saturated heterocycles. The Morgan fingerprint density at radius 2 is 1.97 bits per heavy atom. The molecule has 1 aromatic heterocycles. The highest BCUT2D eigenvalue weighted by atomic mass is 32.2. The van der Waals surface area contributed by atoms with E-state index in [1.807, 2.05) is 32.0 Å². The highest BCUT2D eigenvalue weighted by molar-refractivity contribution is 7.91. The predicted molar refractivity (Wildman–Crippen MR) is 138 cm³/mol. The molecule has 9 heteroatoms. The SMILES string of the molecule is CCOc1ncc(-c2cc(NC(=O)c3cccc(S(C)(=N)=O)c3)ccc2C)cc1N1CCOCC1. The number of carbonyl (C=O) groups excluding carboxylic acids is 1. The van der Waals surface area contributed by atoms with Crippen LogP contribution in [0.25, 0.3) is 11.1 Å². The number of amides is 1. The van der Waals surface area contributed by atoms with Crippen LogP contribution >= 0.6 is 0 Å². The number of hydrogen-bond acceptors (Lipinski definition) is 7. The van der Waals surface area contributed by atoms with Crippen molar-refractivity contribution in [2.45, 2.75) is 18.7 Å². The van der Waals surface area contributed by atoms with Gasteiger partial charge in [0.1, 0.15) is 5.69 Å². The standard InChI is InChI=1S/C26H30N4O4S/c1-4-34-26-24(30-10-12-33-13-11-30)15-20(17-28-26)23-16-21(9-8-18(23)2)29-25(31)19-6-5-7-22(14-19)35(3,27)32/h5-9,14-17,27H,4,10-13H2,1-3H3,(H,29,31). The molecule has 2 heterocycles. The number of morpholine rings is 1. The number of benzene rings is 2. The van der Waals surface area contributed by atoms with Gasteiger partial charge in [-0.25, -0.2) is 14.0 Å². The van der Waals surface area contributed by atoms with Crippen LogP contribution in [0.15, 0.2) is 59.6 Å². The van der Waals surface area contributed by atoms with Crippen molar-refractivity contribution in [3.63, 3.8) is 0 Å². The predicted octanol–water partition coefficient (Wildman–Crippen LogP) is 4.58. The summed E-state index contributed by atoms with van der Waals surface area (Å²) in [6.45, 7) is 7.33. The Bertz CT molecular complexity index is 1330. The number of carbonyl (C=O) groups is 1. The number of nitrogens with one attached hydrogen (secondary N) is 2. The van der Waals surface area contributed by atoms with Crippen LogP contribution in [0.2, 0.25) is 0 Å². The number of aryl methyl sites for hydroxylation is 1. The van der Waals surface area contributed by atoms with E-state index in [2.05, 4.69) is 21.3 Å². The molecule has 0 spiro atoms. The average molecular weight is 495 g/mol. The van der Waals surface area contributed by atoms with Gasteiger partial charge >= 0.3 is 0 Å². The maximum absolute atomic E-state index is 12.9. The van der Waals surface area contributed by atoms with Gasteiger partial charge in [-0.15, -0.1) is 0 Å². The fraction of sp³-hybridized carbons (Fsp3) is 0.308. The summed E-state index contributed by atoms with van der Waals surface area (Å²) in [5.41, 5.74) is 4.82. The fourth-order valence-electron chi connectivity index (χ4n) is 3.96. The molecule has 1 aliphatic rings. The first-order valence-corrected chi connectivity index (χ1v) is 13.4. The smallest absolute Gasteiger partial charge is 0.255 e. The molecule has 1 fully saturated rings. The first-order valence-electron chi connectivity index (χ1n) is 11.5. The molecule has 35 heavy (non-hydrogen) atoms. The molecule has 1 atom stereocenters. The third-order valence-electron chi connectivity index (χ3n) is 5.82. The second kappa shape index (κ2) is 10.5. The summed E-state index contributed by atoms with van der Waals surface area (Å²) >= 11 is 0. The van der Waals surface area contributed by atoms with E-state index < -0.39 is 9.73 Å².